The minimum absolute atomic E-state index is 1.15. The molecule has 15 heavy (non-hydrogen) atoms. The van der Waals surface area contributed by atoms with Gasteiger partial charge in [0.1, 0.15) is 0 Å². The summed E-state index contributed by atoms with van der Waals surface area (Å²) in [6, 6.07) is 6.33. The van der Waals surface area contributed by atoms with Gasteiger partial charge in [-0.2, -0.15) is 0 Å². The number of unbranched alkanes of at least 4 members (excludes halogenated alkanes) is 1. The van der Waals surface area contributed by atoms with Crippen LogP contribution in [0.4, 0.5) is 0 Å². The van der Waals surface area contributed by atoms with Crippen LogP contribution in [0.25, 0.3) is 10.2 Å². The van der Waals surface area contributed by atoms with E-state index in [1.165, 1.54) is 33.2 Å². The van der Waals surface area contributed by atoms with Gasteiger partial charge >= 0.3 is 0 Å². The Morgan fingerprint density at radius 3 is 3.00 bits per heavy atom. The van der Waals surface area contributed by atoms with Crippen molar-refractivity contribution in [3.8, 4) is 0 Å². The van der Waals surface area contributed by atoms with Crippen molar-refractivity contribution < 1.29 is 0 Å². The third kappa shape index (κ3) is 2.52. The van der Waals surface area contributed by atoms with E-state index in [0.717, 1.165) is 5.52 Å². The van der Waals surface area contributed by atoms with Gasteiger partial charge < -0.3 is 0 Å². The van der Waals surface area contributed by atoms with Gasteiger partial charge in [0.15, 0.2) is 4.34 Å². The zero-order valence-electron chi connectivity index (χ0n) is 9.12. The molecule has 0 unspecified atom stereocenters. The highest BCUT2D eigenvalue weighted by Gasteiger charge is 2.05. The van der Waals surface area contributed by atoms with Crippen molar-refractivity contribution >= 4 is 33.3 Å². The molecule has 1 nitrogen and oxygen atoms in total. The summed E-state index contributed by atoms with van der Waals surface area (Å²) in [7, 11) is 0. The van der Waals surface area contributed by atoms with E-state index in [0.29, 0.717) is 0 Å². The predicted octanol–water partition coefficient (Wildman–Crippen LogP) is 4.50. The highest BCUT2D eigenvalue weighted by Crippen LogP contribution is 2.31. The lowest BCUT2D eigenvalue weighted by Crippen LogP contribution is -1.76. The number of aromatic nitrogens is 1. The molecule has 0 amide bonds. The molecule has 0 spiro atoms. The van der Waals surface area contributed by atoms with Gasteiger partial charge in [-0.3, -0.25) is 0 Å². The normalized spacial score (nSPS) is 11.1. The standard InChI is InChI=1S/C12H15NS2/c1-3-4-8-14-12-13-10-7-5-6-9(2)11(10)15-12/h5-7H,3-4,8H2,1-2H3. The lowest BCUT2D eigenvalue weighted by atomic mass is 10.2. The summed E-state index contributed by atoms with van der Waals surface area (Å²) in [5.74, 6) is 1.19. The van der Waals surface area contributed by atoms with Crippen LogP contribution in [-0.2, 0) is 0 Å². The van der Waals surface area contributed by atoms with E-state index in [2.05, 4.69) is 37.0 Å². The van der Waals surface area contributed by atoms with Crippen LogP contribution in [0.15, 0.2) is 22.5 Å². The number of hydrogen-bond acceptors (Lipinski definition) is 3. The van der Waals surface area contributed by atoms with Crippen LogP contribution >= 0.6 is 23.1 Å². The number of aryl methyl sites for hydroxylation is 1. The van der Waals surface area contributed by atoms with Crippen LogP contribution in [0.2, 0.25) is 0 Å². The Morgan fingerprint density at radius 1 is 1.40 bits per heavy atom. The van der Waals surface area contributed by atoms with E-state index in [1.54, 1.807) is 0 Å². The molecule has 0 aliphatic rings. The fourth-order valence-corrected chi connectivity index (χ4v) is 3.70. The van der Waals surface area contributed by atoms with E-state index in [-0.39, 0.29) is 0 Å². The molecule has 0 saturated carbocycles. The predicted molar refractivity (Wildman–Crippen MR) is 70.0 cm³/mol. The van der Waals surface area contributed by atoms with Crippen molar-refractivity contribution in [3.05, 3.63) is 23.8 Å². The summed E-state index contributed by atoms with van der Waals surface area (Å²) in [6.07, 6.45) is 2.54. The molecule has 0 N–H and O–H groups in total. The Bertz CT molecular complexity index is 448. The maximum absolute atomic E-state index is 4.63. The number of hydrogen-bond donors (Lipinski definition) is 0. The molecule has 2 aromatic rings. The summed E-state index contributed by atoms with van der Waals surface area (Å²) in [4.78, 5) is 4.63. The maximum Gasteiger partial charge on any atom is 0.151 e. The first-order valence-electron chi connectivity index (χ1n) is 5.30. The molecule has 0 aliphatic carbocycles. The van der Waals surface area contributed by atoms with Crippen LogP contribution in [0.3, 0.4) is 0 Å². The van der Waals surface area contributed by atoms with E-state index < -0.39 is 0 Å². The van der Waals surface area contributed by atoms with Gasteiger partial charge in [-0.15, -0.1) is 11.3 Å². The average molecular weight is 237 g/mol. The summed E-state index contributed by atoms with van der Waals surface area (Å²) < 4.78 is 2.56. The monoisotopic (exact) mass is 237 g/mol. The lowest BCUT2D eigenvalue weighted by molar-refractivity contribution is 0.896. The molecule has 0 saturated heterocycles. The first-order valence-corrected chi connectivity index (χ1v) is 7.10. The molecule has 0 bridgehead atoms. The molecule has 0 aliphatic heterocycles. The van der Waals surface area contributed by atoms with Crippen LogP contribution in [0.5, 0.6) is 0 Å². The average Bonchev–Trinajstić information content (AvgIpc) is 2.63. The van der Waals surface area contributed by atoms with Gasteiger partial charge in [0.2, 0.25) is 0 Å². The molecule has 1 heterocycles. The van der Waals surface area contributed by atoms with Crippen molar-refractivity contribution in [1.29, 1.82) is 0 Å². The number of benzene rings is 1. The number of fused-ring (bicyclic) bond motifs is 1. The van der Waals surface area contributed by atoms with Crippen molar-refractivity contribution in [2.45, 2.75) is 31.0 Å². The Balaban J connectivity index is 2.20. The Labute approximate surface area is 98.9 Å². The minimum Gasteiger partial charge on any atom is -0.230 e. The highest BCUT2D eigenvalue weighted by atomic mass is 32.2. The largest absolute Gasteiger partial charge is 0.230 e. The van der Waals surface area contributed by atoms with Crippen LogP contribution in [0.1, 0.15) is 25.3 Å². The minimum atomic E-state index is 1.15. The fourth-order valence-electron chi connectivity index (χ4n) is 1.43. The molecular formula is C12H15NS2. The SMILES string of the molecule is CCCCSc1nc2cccc(C)c2s1. The van der Waals surface area contributed by atoms with Crippen LogP contribution in [-0.4, -0.2) is 10.7 Å². The molecule has 0 fully saturated rings. The molecule has 80 valence electrons. The van der Waals surface area contributed by atoms with Gasteiger partial charge in [-0.05, 0) is 25.0 Å². The van der Waals surface area contributed by atoms with E-state index in [9.17, 15) is 0 Å². The van der Waals surface area contributed by atoms with Gasteiger partial charge in [-0.1, -0.05) is 37.2 Å². The topological polar surface area (TPSA) is 12.9 Å². The van der Waals surface area contributed by atoms with Gasteiger partial charge in [0.05, 0.1) is 10.2 Å². The summed E-state index contributed by atoms with van der Waals surface area (Å²) in [5.41, 5.74) is 2.49. The smallest absolute Gasteiger partial charge is 0.151 e. The van der Waals surface area contributed by atoms with Crippen molar-refractivity contribution in [1.82, 2.24) is 4.98 Å². The number of thiazole rings is 1. The molecule has 1 aromatic carbocycles. The van der Waals surface area contributed by atoms with Gasteiger partial charge in [-0.25, -0.2) is 4.98 Å². The molecule has 3 heteroatoms. The first kappa shape index (κ1) is 11.0. The van der Waals surface area contributed by atoms with E-state index in [1.807, 2.05) is 23.1 Å². The third-order valence-electron chi connectivity index (χ3n) is 2.32. The molecule has 0 radical (unpaired) electrons. The fraction of sp³-hybridized carbons (Fsp3) is 0.417. The highest BCUT2D eigenvalue weighted by molar-refractivity contribution is 8.01. The Morgan fingerprint density at radius 2 is 2.27 bits per heavy atom. The maximum atomic E-state index is 4.63. The van der Waals surface area contributed by atoms with E-state index >= 15 is 0 Å². The van der Waals surface area contributed by atoms with Crippen LogP contribution < -0.4 is 0 Å². The Kier molecular flexibility index (Phi) is 3.65. The molecule has 0 atom stereocenters. The summed E-state index contributed by atoms with van der Waals surface area (Å²) >= 11 is 3.71. The molecule has 2 rings (SSSR count). The van der Waals surface area contributed by atoms with E-state index in [4.69, 9.17) is 0 Å². The van der Waals surface area contributed by atoms with Crippen molar-refractivity contribution in [2.75, 3.05) is 5.75 Å². The number of nitrogens with zero attached hydrogens (tertiary/aromatic N) is 1. The third-order valence-corrected chi connectivity index (χ3v) is 4.75. The summed E-state index contributed by atoms with van der Waals surface area (Å²) in [6.45, 7) is 4.38. The zero-order valence-corrected chi connectivity index (χ0v) is 10.8. The molecule has 1 aromatic heterocycles. The van der Waals surface area contributed by atoms with Gasteiger partial charge in [0, 0.05) is 5.75 Å². The van der Waals surface area contributed by atoms with Crippen LogP contribution in [0, 0.1) is 6.92 Å². The second-order valence-corrected chi connectivity index (χ2v) is 5.95. The second kappa shape index (κ2) is 4.99. The number of thioether (sulfide) groups is 1. The Hall–Kier alpha value is -0.540. The zero-order chi connectivity index (χ0) is 10.7. The first-order chi connectivity index (χ1) is 7.31. The lowest BCUT2D eigenvalue weighted by Gasteiger charge is -1.92. The number of rotatable bonds is 4. The van der Waals surface area contributed by atoms with Crippen molar-refractivity contribution in [2.24, 2.45) is 0 Å². The molecular weight excluding hydrogens is 222 g/mol. The summed E-state index contributed by atoms with van der Waals surface area (Å²) in [5, 5.41) is 0. The van der Waals surface area contributed by atoms with Gasteiger partial charge in [0.25, 0.3) is 0 Å². The second-order valence-electron chi connectivity index (χ2n) is 3.60. The van der Waals surface area contributed by atoms with Crippen molar-refractivity contribution in [3.63, 3.8) is 0 Å². The quantitative estimate of drug-likeness (QED) is 0.573.